The third-order valence-electron chi connectivity index (χ3n) is 9.11. The maximum absolute atomic E-state index is 12.6. The van der Waals surface area contributed by atoms with Gasteiger partial charge in [-0.05, 0) is 84.1 Å². The molecule has 9 nitrogen and oxygen atoms in total. The highest BCUT2D eigenvalue weighted by molar-refractivity contribution is 7.47. The van der Waals surface area contributed by atoms with Crippen LogP contribution in [-0.4, -0.2) is 56.3 Å². The minimum atomic E-state index is -4.36. The van der Waals surface area contributed by atoms with Crippen molar-refractivity contribution in [3.05, 3.63) is 60.8 Å². The van der Waals surface area contributed by atoms with E-state index in [1.807, 2.05) is 0 Å². The molecule has 0 radical (unpaired) electrons. The fourth-order valence-corrected chi connectivity index (χ4v) is 6.47. The van der Waals surface area contributed by atoms with E-state index in [0.29, 0.717) is 19.4 Å². The van der Waals surface area contributed by atoms with Gasteiger partial charge in [0.25, 0.3) is 0 Å². The Kier molecular flexibility index (Phi) is 40.6. The van der Waals surface area contributed by atoms with Gasteiger partial charge >= 0.3 is 19.8 Å². The SMILES string of the molecule is CCCCC/C=C\C/C=C\CCCCCCCCCC(=O)OC(COC(=O)CCC/C=C\C/C=C\C/C=C\CCCCCCCC)COP(=O)(O)OCCNC. The third-order valence-corrected chi connectivity index (χ3v) is 10.1. The van der Waals surface area contributed by atoms with Crippen LogP contribution in [0.1, 0.15) is 181 Å². The predicted molar refractivity (Wildman–Crippen MR) is 234 cm³/mol. The number of likely N-dealkylation sites (N-methyl/N-ethyl adjacent to an activating group) is 1. The zero-order valence-corrected chi connectivity index (χ0v) is 36.7. The highest BCUT2D eigenvalue weighted by Crippen LogP contribution is 2.43. The lowest BCUT2D eigenvalue weighted by Gasteiger charge is -2.20. The summed E-state index contributed by atoms with van der Waals surface area (Å²) in [7, 11) is -2.67. The second kappa shape index (κ2) is 42.3. The topological polar surface area (TPSA) is 120 Å². The molecule has 0 heterocycles. The Labute approximate surface area is 342 Å². The highest BCUT2D eigenvalue weighted by Gasteiger charge is 2.26. The number of phosphoric acid groups is 1. The zero-order valence-electron chi connectivity index (χ0n) is 35.8. The molecule has 0 saturated heterocycles. The number of phosphoric ester groups is 1. The first-order valence-electron chi connectivity index (χ1n) is 22.2. The second-order valence-electron chi connectivity index (χ2n) is 14.5. The van der Waals surface area contributed by atoms with E-state index >= 15 is 0 Å². The molecule has 0 fully saturated rings. The Morgan fingerprint density at radius 3 is 1.52 bits per heavy atom. The number of nitrogens with one attached hydrogen (secondary N) is 1. The van der Waals surface area contributed by atoms with Gasteiger partial charge in [0.15, 0.2) is 6.10 Å². The Hall–Kier alpha value is -2.29. The average Bonchev–Trinajstić information content (AvgIpc) is 3.18. The van der Waals surface area contributed by atoms with E-state index in [9.17, 15) is 19.0 Å². The summed E-state index contributed by atoms with van der Waals surface area (Å²) in [5.41, 5.74) is 0. The van der Waals surface area contributed by atoms with Crippen LogP contribution >= 0.6 is 7.82 Å². The molecule has 2 N–H and O–H groups in total. The van der Waals surface area contributed by atoms with Crippen LogP contribution in [-0.2, 0) is 32.7 Å². The lowest BCUT2D eigenvalue weighted by Crippen LogP contribution is -2.29. The monoisotopic (exact) mass is 808 g/mol. The van der Waals surface area contributed by atoms with Crippen molar-refractivity contribution < 1.29 is 37.6 Å². The number of hydrogen-bond acceptors (Lipinski definition) is 8. The number of carbonyl (C=O) groups excluding carboxylic acids is 2. The van der Waals surface area contributed by atoms with Gasteiger partial charge in [-0.25, -0.2) is 4.57 Å². The van der Waals surface area contributed by atoms with E-state index in [1.54, 1.807) is 7.05 Å². The van der Waals surface area contributed by atoms with Gasteiger partial charge in [-0.1, -0.05) is 152 Å². The molecule has 0 aliphatic carbocycles. The maximum Gasteiger partial charge on any atom is 0.472 e. The van der Waals surface area contributed by atoms with Crippen molar-refractivity contribution in [2.24, 2.45) is 0 Å². The summed E-state index contributed by atoms with van der Waals surface area (Å²) >= 11 is 0. The summed E-state index contributed by atoms with van der Waals surface area (Å²) in [4.78, 5) is 35.1. The lowest BCUT2D eigenvalue weighted by molar-refractivity contribution is -0.161. The predicted octanol–water partition coefficient (Wildman–Crippen LogP) is 12.8. The molecule has 0 aromatic rings. The van der Waals surface area contributed by atoms with Gasteiger partial charge in [-0.3, -0.25) is 18.6 Å². The molecule has 2 unspecified atom stereocenters. The van der Waals surface area contributed by atoms with Crippen LogP contribution in [0.5, 0.6) is 0 Å². The molecule has 0 rings (SSSR count). The quantitative estimate of drug-likeness (QED) is 0.0269. The molecule has 10 heteroatoms. The van der Waals surface area contributed by atoms with Crippen molar-refractivity contribution in [1.82, 2.24) is 5.32 Å². The van der Waals surface area contributed by atoms with Crippen molar-refractivity contribution >= 4 is 19.8 Å². The Morgan fingerprint density at radius 2 is 0.982 bits per heavy atom. The van der Waals surface area contributed by atoms with Crippen molar-refractivity contribution in [2.75, 3.05) is 33.4 Å². The molecule has 2 atom stereocenters. The average molecular weight is 808 g/mol. The van der Waals surface area contributed by atoms with E-state index in [0.717, 1.165) is 57.8 Å². The third kappa shape index (κ3) is 41.3. The molecular weight excluding hydrogens is 725 g/mol. The Balaban J connectivity index is 4.31. The normalized spacial score (nSPS) is 13.9. The minimum Gasteiger partial charge on any atom is -0.462 e. The molecule has 0 aliphatic heterocycles. The number of ether oxygens (including phenoxy) is 2. The van der Waals surface area contributed by atoms with Crippen LogP contribution in [0.2, 0.25) is 0 Å². The zero-order chi connectivity index (χ0) is 41.1. The van der Waals surface area contributed by atoms with Gasteiger partial charge in [0.05, 0.1) is 13.2 Å². The first kappa shape index (κ1) is 53.7. The summed E-state index contributed by atoms with van der Waals surface area (Å²) in [6.45, 7) is 4.12. The summed E-state index contributed by atoms with van der Waals surface area (Å²) < 4.78 is 33.1. The molecular formula is C46H82NO8P. The minimum absolute atomic E-state index is 0.0284. The van der Waals surface area contributed by atoms with Crippen LogP contribution in [0.15, 0.2) is 60.8 Å². The van der Waals surface area contributed by atoms with Crippen molar-refractivity contribution in [3.63, 3.8) is 0 Å². The lowest BCUT2D eigenvalue weighted by atomic mass is 10.1. The van der Waals surface area contributed by atoms with Crippen LogP contribution in [0, 0.1) is 0 Å². The standard InChI is InChI=1S/C46H82NO8P/c1-4-6-8-10-12-14-16-18-20-22-24-26-28-30-32-34-36-38-45(48)52-42-44(43-54-56(50,51)53-41-40-47-3)55-46(49)39-37-35-33-31-29-27-25-23-21-19-17-15-13-11-9-7-5-2/h13,15,18-21,24,26,30,32,44,47H,4-12,14,16-17,22-23,25,27-29,31,33-43H2,1-3H3,(H,50,51)/b15-13-,20-18-,21-19-,26-24-,32-30-. The van der Waals surface area contributed by atoms with Gasteiger partial charge in [-0.2, -0.15) is 0 Å². The van der Waals surface area contributed by atoms with E-state index < -0.39 is 32.5 Å². The summed E-state index contributed by atoms with van der Waals surface area (Å²) in [5, 5.41) is 2.82. The molecule has 0 spiro atoms. The van der Waals surface area contributed by atoms with Gasteiger partial charge in [-0.15, -0.1) is 0 Å². The molecule has 0 amide bonds. The van der Waals surface area contributed by atoms with E-state index in [-0.39, 0.29) is 26.1 Å². The Bertz CT molecular complexity index is 1100. The van der Waals surface area contributed by atoms with Crippen LogP contribution in [0.25, 0.3) is 0 Å². The first-order chi connectivity index (χ1) is 27.3. The van der Waals surface area contributed by atoms with Crippen molar-refractivity contribution in [3.8, 4) is 0 Å². The van der Waals surface area contributed by atoms with E-state index in [2.05, 4.69) is 79.9 Å². The second-order valence-corrected chi connectivity index (χ2v) is 16.0. The molecule has 324 valence electrons. The molecule has 0 saturated carbocycles. The number of esters is 2. The van der Waals surface area contributed by atoms with Crippen molar-refractivity contribution in [2.45, 2.75) is 187 Å². The number of allylic oxidation sites excluding steroid dienone is 10. The maximum atomic E-state index is 12.6. The number of hydrogen-bond donors (Lipinski definition) is 2. The molecule has 56 heavy (non-hydrogen) atoms. The van der Waals surface area contributed by atoms with Gasteiger partial charge in [0.1, 0.15) is 6.61 Å². The molecule has 0 aromatic carbocycles. The smallest absolute Gasteiger partial charge is 0.462 e. The largest absolute Gasteiger partial charge is 0.472 e. The molecule has 0 aromatic heterocycles. The number of unbranched alkanes of at least 4 members (excludes halogenated alkanes) is 17. The Morgan fingerprint density at radius 1 is 0.554 bits per heavy atom. The number of rotatable bonds is 41. The molecule has 0 bridgehead atoms. The fourth-order valence-electron chi connectivity index (χ4n) is 5.72. The number of carbonyl (C=O) groups is 2. The van der Waals surface area contributed by atoms with Gasteiger partial charge in [0, 0.05) is 19.4 Å². The van der Waals surface area contributed by atoms with Crippen molar-refractivity contribution in [1.29, 1.82) is 0 Å². The first-order valence-corrected chi connectivity index (χ1v) is 23.7. The summed E-state index contributed by atoms with van der Waals surface area (Å²) in [6.07, 6.45) is 48.4. The van der Waals surface area contributed by atoms with Crippen LogP contribution in [0.4, 0.5) is 0 Å². The van der Waals surface area contributed by atoms with Crippen LogP contribution in [0.3, 0.4) is 0 Å². The van der Waals surface area contributed by atoms with Crippen LogP contribution < -0.4 is 5.32 Å². The fraction of sp³-hybridized carbons (Fsp3) is 0.739. The van der Waals surface area contributed by atoms with Gasteiger partial charge < -0.3 is 19.7 Å². The van der Waals surface area contributed by atoms with E-state index in [1.165, 1.54) is 83.5 Å². The van der Waals surface area contributed by atoms with Gasteiger partial charge in [0.2, 0.25) is 0 Å². The van der Waals surface area contributed by atoms with E-state index in [4.69, 9.17) is 18.5 Å². The summed E-state index contributed by atoms with van der Waals surface area (Å²) in [5.74, 6) is -0.879. The highest BCUT2D eigenvalue weighted by atomic mass is 31.2. The molecule has 0 aliphatic rings. The summed E-state index contributed by atoms with van der Waals surface area (Å²) in [6, 6.07) is 0.